The highest BCUT2D eigenvalue weighted by Crippen LogP contribution is 2.21. The van der Waals surface area contributed by atoms with Crippen molar-refractivity contribution >= 4 is 28.1 Å². The first-order valence-corrected chi connectivity index (χ1v) is 7.35. The minimum Gasteiger partial charge on any atom is -0.399 e. The SMILES string of the molecule is Cc1cc(N)ccc1S(=O)Cc1ccc(F)c(Cl)c1. The lowest BCUT2D eigenvalue weighted by atomic mass is 10.2. The maximum absolute atomic E-state index is 13.0. The van der Waals surface area contributed by atoms with Gasteiger partial charge in [-0.2, -0.15) is 0 Å². The van der Waals surface area contributed by atoms with Gasteiger partial charge in [-0.15, -0.1) is 0 Å². The molecule has 0 heterocycles. The fourth-order valence-corrected chi connectivity index (χ4v) is 3.27. The molecule has 0 bridgehead atoms. The minimum absolute atomic E-state index is 0.0449. The lowest BCUT2D eigenvalue weighted by Gasteiger charge is -2.07. The second-order valence-electron chi connectivity index (χ2n) is 4.26. The molecule has 5 heteroatoms. The molecule has 2 aromatic carbocycles. The van der Waals surface area contributed by atoms with Crippen molar-refractivity contribution in [3.8, 4) is 0 Å². The molecule has 2 aromatic rings. The van der Waals surface area contributed by atoms with Crippen molar-refractivity contribution in [2.24, 2.45) is 0 Å². The molecule has 0 aliphatic heterocycles. The van der Waals surface area contributed by atoms with Gasteiger partial charge in [-0.3, -0.25) is 4.21 Å². The molecule has 0 radical (unpaired) electrons. The van der Waals surface area contributed by atoms with Gasteiger partial charge in [0.05, 0.1) is 21.6 Å². The quantitative estimate of drug-likeness (QED) is 0.878. The highest BCUT2D eigenvalue weighted by atomic mass is 35.5. The second kappa shape index (κ2) is 5.72. The number of nitrogen functional groups attached to an aromatic ring is 1. The molecule has 0 spiro atoms. The van der Waals surface area contributed by atoms with Gasteiger partial charge >= 0.3 is 0 Å². The molecule has 0 saturated heterocycles. The Kier molecular flexibility index (Phi) is 4.22. The number of halogens is 2. The molecule has 2 nitrogen and oxygen atoms in total. The molecule has 19 heavy (non-hydrogen) atoms. The van der Waals surface area contributed by atoms with E-state index < -0.39 is 16.6 Å². The van der Waals surface area contributed by atoms with Crippen molar-refractivity contribution in [2.45, 2.75) is 17.6 Å². The van der Waals surface area contributed by atoms with Crippen molar-refractivity contribution in [1.82, 2.24) is 0 Å². The second-order valence-corrected chi connectivity index (χ2v) is 6.09. The van der Waals surface area contributed by atoms with E-state index >= 15 is 0 Å². The third kappa shape index (κ3) is 3.33. The highest BCUT2D eigenvalue weighted by molar-refractivity contribution is 7.84. The molecule has 100 valence electrons. The first-order valence-electron chi connectivity index (χ1n) is 5.66. The highest BCUT2D eigenvalue weighted by Gasteiger charge is 2.10. The number of aryl methyl sites for hydroxylation is 1. The summed E-state index contributed by atoms with van der Waals surface area (Å²) in [7, 11) is -1.21. The van der Waals surface area contributed by atoms with E-state index in [9.17, 15) is 8.60 Å². The van der Waals surface area contributed by atoms with Crippen LogP contribution in [0.2, 0.25) is 5.02 Å². The first-order chi connectivity index (χ1) is 8.97. The number of nitrogens with two attached hydrogens (primary N) is 1. The molecule has 2 rings (SSSR count). The monoisotopic (exact) mass is 297 g/mol. The van der Waals surface area contributed by atoms with Crippen LogP contribution in [-0.2, 0) is 16.6 Å². The Morgan fingerprint density at radius 2 is 2.00 bits per heavy atom. The van der Waals surface area contributed by atoms with Crippen LogP contribution in [0.15, 0.2) is 41.3 Å². The van der Waals surface area contributed by atoms with Crippen LogP contribution >= 0.6 is 11.6 Å². The summed E-state index contributed by atoms with van der Waals surface area (Å²) in [6.07, 6.45) is 0. The average molecular weight is 298 g/mol. The topological polar surface area (TPSA) is 43.1 Å². The van der Waals surface area contributed by atoms with Crippen LogP contribution in [0.5, 0.6) is 0 Å². The van der Waals surface area contributed by atoms with Gasteiger partial charge in [-0.05, 0) is 48.4 Å². The third-order valence-electron chi connectivity index (χ3n) is 2.73. The van der Waals surface area contributed by atoms with Crippen LogP contribution in [-0.4, -0.2) is 4.21 Å². The molecule has 0 aliphatic carbocycles. The number of rotatable bonds is 3. The Balaban J connectivity index is 2.23. The van der Waals surface area contributed by atoms with E-state index in [1.165, 1.54) is 12.1 Å². The average Bonchev–Trinajstić information content (AvgIpc) is 2.33. The van der Waals surface area contributed by atoms with Gasteiger partial charge in [0.15, 0.2) is 0 Å². The molecular weight excluding hydrogens is 285 g/mol. The van der Waals surface area contributed by atoms with Crippen molar-refractivity contribution in [3.63, 3.8) is 0 Å². The minimum atomic E-state index is -1.21. The molecule has 0 saturated carbocycles. The molecule has 1 unspecified atom stereocenters. The molecule has 0 fully saturated rings. The molecule has 0 aromatic heterocycles. The van der Waals surface area contributed by atoms with E-state index in [-0.39, 0.29) is 5.02 Å². The zero-order valence-corrected chi connectivity index (χ0v) is 11.9. The van der Waals surface area contributed by atoms with Crippen LogP contribution < -0.4 is 5.73 Å². The number of benzene rings is 2. The molecule has 0 amide bonds. The molecule has 1 atom stereocenters. The van der Waals surface area contributed by atoms with Gasteiger partial charge in [0.25, 0.3) is 0 Å². The summed E-state index contributed by atoms with van der Waals surface area (Å²) in [6, 6.07) is 9.63. The maximum atomic E-state index is 13.0. The Morgan fingerprint density at radius 1 is 1.26 bits per heavy atom. The van der Waals surface area contributed by atoms with Crippen LogP contribution in [0, 0.1) is 12.7 Å². The summed E-state index contributed by atoms with van der Waals surface area (Å²) in [4.78, 5) is 0.731. The molecule has 2 N–H and O–H groups in total. The van der Waals surface area contributed by atoms with Gasteiger partial charge < -0.3 is 5.73 Å². The third-order valence-corrected chi connectivity index (χ3v) is 4.56. The van der Waals surface area contributed by atoms with Gasteiger partial charge in [0, 0.05) is 10.6 Å². The molecule has 0 aliphatic rings. The zero-order chi connectivity index (χ0) is 14.0. The van der Waals surface area contributed by atoms with Crippen LogP contribution in [0.1, 0.15) is 11.1 Å². The lowest BCUT2D eigenvalue weighted by molar-refractivity contribution is 0.627. The Morgan fingerprint density at radius 3 is 2.63 bits per heavy atom. The van der Waals surface area contributed by atoms with Crippen LogP contribution in [0.4, 0.5) is 10.1 Å². The van der Waals surface area contributed by atoms with E-state index in [1.54, 1.807) is 24.3 Å². The Hall–Kier alpha value is -1.39. The van der Waals surface area contributed by atoms with E-state index in [0.717, 1.165) is 16.0 Å². The van der Waals surface area contributed by atoms with Crippen LogP contribution in [0.3, 0.4) is 0 Å². The number of anilines is 1. The van der Waals surface area contributed by atoms with Gasteiger partial charge in [-0.1, -0.05) is 17.7 Å². The normalized spacial score (nSPS) is 12.4. The summed E-state index contributed by atoms with van der Waals surface area (Å²) in [6.45, 7) is 1.86. The van der Waals surface area contributed by atoms with Crippen molar-refractivity contribution < 1.29 is 8.60 Å². The van der Waals surface area contributed by atoms with Crippen LogP contribution in [0.25, 0.3) is 0 Å². The van der Waals surface area contributed by atoms with Crippen molar-refractivity contribution in [1.29, 1.82) is 0 Å². The zero-order valence-electron chi connectivity index (χ0n) is 10.3. The van der Waals surface area contributed by atoms with E-state index in [4.69, 9.17) is 17.3 Å². The predicted octanol–water partition coefficient (Wildman–Crippen LogP) is 3.68. The van der Waals surface area contributed by atoms with Gasteiger partial charge in [-0.25, -0.2) is 4.39 Å². The van der Waals surface area contributed by atoms with E-state index in [0.29, 0.717) is 11.4 Å². The summed E-state index contributed by atoms with van der Waals surface area (Å²) < 4.78 is 25.3. The fourth-order valence-electron chi connectivity index (χ4n) is 1.79. The fraction of sp³-hybridized carbons (Fsp3) is 0.143. The maximum Gasteiger partial charge on any atom is 0.141 e. The van der Waals surface area contributed by atoms with E-state index in [2.05, 4.69) is 0 Å². The summed E-state index contributed by atoms with van der Waals surface area (Å²) in [5.74, 6) is -0.176. The number of hydrogen-bond donors (Lipinski definition) is 1. The van der Waals surface area contributed by atoms with Gasteiger partial charge in [0.2, 0.25) is 0 Å². The number of hydrogen-bond acceptors (Lipinski definition) is 2. The summed E-state index contributed by atoms with van der Waals surface area (Å²) >= 11 is 5.70. The largest absolute Gasteiger partial charge is 0.399 e. The summed E-state index contributed by atoms with van der Waals surface area (Å²) in [5.41, 5.74) is 7.92. The van der Waals surface area contributed by atoms with Gasteiger partial charge in [0.1, 0.15) is 5.82 Å². The first kappa shape index (κ1) is 14.0. The Bertz CT molecular complexity index is 645. The van der Waals surface area contributed by atoms with Crippen molar-refractivity contribution in [2.75, 3.05) is 5.73 Å². The smallest absolute Gasteiger partial charge is 0.141 e. The molecular formula is C14H13ClFNOS. The lowest BCUT2D eigenvalue weighted by Crippen LogP contribution is -2.00. The standard InChI is InChI=1S/C14H13ClFNOS/c1-9-6-11(17)3-5-14(9)19(18)8-10-2-4-13(16)12(15)7-10/h2-7H,8,17H2,1H3. The van der Waals surface area contributed by atoms with E-state index in [1.807, 2.05) is 6.92 Å². The summed E-state index contributed by atoms with van der Waals surface area (Å²) in [5, 5.41) is 0.0449. The van der Waals surface area contributed by atoms with Crippen molar-refractivity contribution in [3.05, 3.63) is 58.4 Å². The Labute approximate surface area is 118 Å². The predicted molar refractivity (Wildman–Crippen MR) is 77.1 cm³/mol.